The maximum Gasteiger partial charge on any atom is 0.128 e. The Bertz CT molecular complexity index is 351. The van der Waals surface area contributed by atoms with Crippen molar-refractivity contribution >= 4 is 0 Å². The zero-order valence-corrected chi connectivity index (χ0v) is 8.71. The van der Waals surface area contributed by atoms with E-state index < -0.39 is 0 Å². The summed E-state index contributed by atoms with van der Waals surface area (Å²) in [5.74, 6) is -0.676. The third-order valence-corrected chi connectivity index (χ3v) is 2.89. The molecule has 1 aliphatic rings. The van der Waals surface area contributed by atoms with Crippen molar-refractivity contribution in [2.75, 3.05) is 6.54 Å². The highest BCUT2D eigenvalue weighted by Crippen LogP contribution is 2.35. The van der Waals surface area contributed by atoms with Gasteiger partial charge in [0.2, 0.25) is 0 Å². The lowest BCUT2D eigenvalue weighted by molar-refractivity contribution is 0.300. The summed E-state index contributed by atoms with van der Waals surface area (Å²) < 4.78 is 26.6. The van der Waals surface area contributed by atoms with Crippen molar-refractivity contribution in [1.29, 1.82) is 0 Å². The first-order valence-electron chi connectivity index (χ1n) is 5.26. The van der Waals surface area contributed by atoms with E-state index in [0.29, 0.717) is 5.56 Å². The molecule has 0 amide bonds. The van der Waals surface area contributed by atoms with Gasteiger partial charge in [0.15, 0.2) is 0 Å². The summed E-state index contributed by atoms with van der Waals surface area (Å²) in [7, 11) is 0. The fourth-order valence-electron chi connectivity index (χ4n) is 2.14. The van der Waals surface area contributed by atoms with Gasteiger partial charge in [-0.2, -0.15) is 0 Å². The van der Waals surface area contributed by atoms with Crippen molar-refractivity contribution < 1.29 is 8.78 Å². The Morgan fingerprint density at radius 2 is 2.20 bits per heavy atom. The van der Waals surface area contributed by atoms with Crippen molar-refractivity contribution in [3.05, 3.63) is 41.9 Å². The van der Waals surface area contributed by atoms with Crippen LogP contribution in [-0.2, 0) is 0 Å². The largest absolute Gasteiger partial charge is 0.292 e. The van der Waals surface area contributed by atoms with Gasteiger partial charge in [-0.15, -0.1) is 0 Å². The van der Waals surface area contributed by atoms with Gasteiger partial charge in [-0.1, -0.05) is 6.92 Å². The molecule has 81 valence electrons. The number of rotatable bonds is 2. The van der Waals surface area contributed by atoms with E-state index in [9.17, 15) is 8.78 Å². The Labute approximate surface area is 88.7 Å². The van der Waals surface area contributed by atoms with Crippen molar-refractivity contribution in [2.24, 2.45) is 0 Å². The maximum absolute atomic E-state index is 13.5. The van der Waals surface area contributed by atoms with E-state index in [1.54, 1.807) is 0 Å². The molecular weight excluding hydrogens is 196 g/mol. The van der Waals surface area contributed by atoms with E-state index in [4.69, 9.17) is 0 Å². The molecule has 1 radical (unpaired) electrons. The van der Waals surface area contributed by atoms with E-state index in [1.165, 1.54) is 12.1 Å². The molecule has 1 aliphatic heterocycles. The lowest BCUT2D eigenvalue weighted by Gasteiger charge is -2.23. The third kappa shape index (κ3) is 2.02. The molecule has 15 heavy (non-hydrogen) atoms. The first-order chi connectivity index (χ1) is 7.22. The second-order valence-corrected chi connectivity index (χ2v) is 3.77. The van der Waals surface area contributed by atoms with Crippen molar-refractivity contribution in [2.45, 2.75) is 25.8 Å². The number of hydrogen-bond acceptors (Lipinski definition) is 1. The van der Waals surface area contributed by atoms with Crippen LogP contribution in [0.4, 0.5) is 8.78 Å². The van der Waals surface area contributed by atoms with Crippen LogP contribution in [0, 0.1) is 18.2 Å². The van der Waals surface area contributed by atoms with Crippen LogP contribution in [0.2, 0.25) is 0 Å². The van der Waals surface area contributed by atoms with Crippen LogP contribution in [0.15, 0.2) is 18.2 Å². The summed E-state index contributed by atoms with van der Waals surface area (Å²) >= 11 is 0. The molecule has 0 unspecified atom stereocenters. The van der Waals surface area contributed by atoms with E-state index in [-0.39, 0.29) is 17.7 Å². The van der Waals surface area contributed by atoms with Crippen molar-refractivity contribution in [3.63, 3.8) is 0 Å². The van der Waals surface area contributed by atoms with Gasteiger partial charge in [-0.3, -0.25) is 4.90 Å². The molecule has 1 aromatic carbocycles. The highest BCUT2D eigenvalue weighted by molar-refractivity contribution is 5.23. The topological polar surface area (TPSA) is 3.24 Å². The van der Waals surface area contributed by atoms with Crippen LogP contribution in [0.1, 0.15) is 31.4 Å². The maximum atomic E-state index is 13.5. The van der Waals surface area contributed by atoms with Gasteiger partial charge >= 0.3 is 0 Å². The van der Waals surface area contributed by atoms with Crippen molar-refractivity contribution in [1.82, 2.24) is 4.90 Å². The molecule has 3 heteroatoms. The normalized spacial score (nSPS) is 22.2. The summed E-state index contributed by atoms with van der Waals surface area (Å²) in [6, 6.07) is 3.68. The standard InChI is InChI=1S/C12H14F2N/c1-2-15-7-3-4-12(15)10-8-9(13)5-6-11(10)14/h5-8,12H,2-4H2,1H3/t12-/m1/s1. The molecule has 1 atom stereocenters. The van der Waals surface area contributed by atoms with Crippen molar-refractivity contribution in [3.8, 4) is 0 Å². The molecule has 0 spiro atoms. The molecule has 1 heterocycles. The number of halogens is 2. The Balaban J connectivity index is 2.31. The van der Waals surface area contributed by atoms with Crippen LogP contribution in [-0.4, -0.2) is 11.4 Å². The predicted molar refractivity (Wildman–Crippen MR) is 55.0 cm³/mol. The van der Waals surface area contributed by atoms with Gasteiger partial charge in [0.05, 0.1) is 0 Å². The average molecular weight is 210 g/mol. The lowest BCUT2D eigenvalue weighted by Crippen LogP contribution is -2.20. The van der Waals surface area contributed by atoms with E-state index >= 15 is 0 Å². The average Bonchev–Trinajstić information content (AvgIpc) is 2.69. The van der Waals surface area contributed by atoms with Crippen LogP contribution < -0.4 is 0 Å². The zero-order chi connectivity index (χ0) is 10.8. The van der Waals surface area contributed by atoms with E-state index in [1.807, 2.05) is 6.92 Å². The quantitative estimate of drug-likeness (QED) is 0.724. The molecule has 1 nitrogen and oxygen atoms in total. The van der Waals surface area contributed by atoms with Gasteiger partial charge in [-0.05, 0) is 37.6 Å². The number of likely N-dealkylation sites (tertiary alicyclic amines) is 1. The van der Waals surface area contributed by atoms with Gasteiger partial charge in [-0.25, -0.2) is 8.78 Å². The molecular formula is C12H14F2N. The Hall–Kier alpha value is -0.960. The fourth-order valence-corrected chi connectivity index (χ4v) is 2.14. The lowest BCUT2D eigenvalue weighted by atomic mass is 10.0. The van der Waals surface area contributed by atoms with Gasteiger partial charge < -0.3 is 0 Å². The predicted octanol–water partition coefficient (Wildman–Crippen LogP) is 3.28. The summed E-state index contributed by atoms with van der Waals surface area (Å²) in [4.78, 5) is 2.07. The minimum absolute atomic E-state index is 0.00528. The van der Waals surface area contributed by atoms with Gasteiger partial charge in [0, 0.05) is 18.2 Å². The highest BCUT2D eigenvalue weighted by atomic mass is 19.1. The molecule has 1 saturated heterocycles. The number of hydrogen-bond donors (Lipinski definition) is 0. The zero-order valence-electron chi connectivity index (χ0n) is 8.71. The van der Waals surface area contributed by atoms with Gasteiger partial charge in [0.1, 0.15) is 11.6 Å². The third-order valence-electron chi connectivity index (χ3n) is 2.89. The van der Waals surface area contributed by atoms with Crippen LogP contribution >= 0.6 is 0 Å². The summed E-state index contributed by atoms with van der Waals surface area (Å²) in [5.41, 5.74) is 0.477. The molecule has 0 bridgehead atoms. The monoisotopic (exact) mass is 210 g/mol. The Morgan fingerprint density at radius 3 is 2.93 bits per heavy atom. The molecule has 0 saturated carbocycles. The van der Waals surface area contributed by atoms with Crippen LogP contribution in [0.3, 0.4) is 0 Å². The smallest absolute Gasteiger partial charge is 0.128 e. The minimum atomic E-state index is -0.366. The van der Waals surface area contributed by atoms with Crippen LogP contribution in [0.5, 0.6) is 0 Å². The minimum Gasteiger partial charge on any atom is -0.292 e. The number of nitrogens with zero attached hydrogens (tertiary/aromatic N) is 1. The molecule has 1 fully saturated rings. The summed E-state index contributed by atoms with van der Waals surface area (Å²) in [5, 5.41) is 0. The first kappa shape index (κ1) is 10.6. The first-order valence-corrected chi connectivity index (χ1v) is 5.26. The second kappa shape index (κ2) is 4.27. The van der Waals surface area contributed by atoms with Gasteiger partial charge in [0.25, 0.3) is 0 Å². The van der Waals surface area contributed by atoms with Crippen LogP contribution in [0.25, 0.3) is 0 Å². The van der Waals surface area contributed by atoms with E-state index in [2.05, 4.69) is 11.4 Å². The molecule has 0 aliphatic carbocycles. The highest BCUT2D eigenvalue weighted by Gasteiger charge is 2.27. The second-order valence-electron chi connectivity index (χ2n) is 3.77. The Morgan fingerprint density at radius 1 is 1.40 bits per heavy atom. The fraction of sp³-hybridized carbons (Fsp3) is 0.417. The molecule has 2 rings (SSSR count). The summed E-state index contributed by atoms with van der Waals surface area (Å²) in [6.45, 7) is 4.92. The SMILES string of the molecule is CCN1[CH]CC[C@@H]1c1cc(F)ccc1F. The molecule has 1 aromatic rings. The Kier molecular flexibility index (Phi) is 3.00. The molecule has 0 aromatic heterocycles. The van der Waals surface area contributed by atoms with E-state index in [0.717, 1.165) is 25.5 Å². The molecule has 0 N–H and O–H groups in total. The number of benzene rings is 1. The summed E-state index contributed by atoms with van der Waals surface area (Å²) in [6.07, 6.45) is 1.81.